The van der Waals surface area contributed by atoms with E-state index in [0.717, 1.165) is 17.6 Å². The molecule has 0 aliphatic heterocycles. The maximum absolute atomic E-state index is 10.7. The summed E-state index contributed by atoms with van der Waals surface area (Å²) in [5.74, 6) is 0.259. The molecule has 2 rings (SSSR count). The van der Waals surface area contributed by atoms with Crippen molar-refractivity contribution in [3.63, 3.8) is 0 Å². The smallest absolute Gasteiger partial charge is 0.357 e. The van der Waals surface area contributed by atoms with E-state index < -0.39 is 5.97 Å². The molecule has 0 amide bonds. The predicted octanol–water partition coefficient (Wildman–Crippen LogP) is 3.15. The van der Waals surface area contributed by atoms with Crippen molar-refractivity contribution in [3.05, 3.63) is 36.2 Å². The summed E-state index contributed by atoms with van der Waals surface area (Å²) >= 11 is 1.74. The molecule has 1 heterocycles. The average molecular weight is 249 g/mol. The standard InChI is InChI=1S/C12H11NO3S/c1-2-17-9-5-3-8(4-6-9)11-13-10(7-16-11)12(14)15/h3-7H,2H2,1H3,(H,14,15). The van der Waals surface area contributed by atoms with E-state index in [-0.39, 0.29) is 5.69 Å². The first-order valence-corrected chi connectivity index (χ1v) is 6.11. The Balaban J connectivity index is 2.23. The fourth-order valence-electron chi connectivity index (χ4n) is 1.36. The Bertz CT molecular complexity index is 519. The number of hydrogen-bond acceptors (Lipinski definition) is 4. The van der Waals surface area contributed by atoms with Crippen LogP contribution in [-0.2, 0) is 0 Å². The van der Waals surface area contributed by atoms with Crippen LogP contribution in [0.5, 0.6) is 0 Å². The quantitative estimate of drug-likeness (QED) is 0.843. The lowest BCUT2D eigenvalue weighted by Crippen LogP contribution is -1.95. The first-order chi connectivity index (χ1) is 8.20. The number of nitrogens with zero attached hydrogens (tertiary/aromatic N) is 1. The third kappa shape index (κ3) is 2.68. The van der Waals surface area contributed by atoms with Gasteiger partial charge in [-0.15, -0.1) is 11.8 Å². The van der Waals surface area contributed by atoms with E-state index in [9.17, 15) is 4.79 Å². The minimum Gasteiger partial charge on any atom is -0.476 e. The van der Waals surface area contributed by atoms with Gasteiger partial charge in [0.2, 0.25) is 5.89 Å². The largest absolute Gasteiger partial charge is 0.476 e. The van der Waals surface area contributed by atoms with Crippen LogP contribution >= 0.6 is 11.8 Å². The van der Waals surface area contributed by atoms with Crippen molar-refractivity contribution in [2.75, 3.05) is 5.75 Å². The first kappa shape index (κ1) is 11.7. The van der Waals surface area contributed by atoms with Crippen molar-refractivity contribution in [3.8, 4) is 11.5 Å². The number of carboxylic acid groups (broad SMARTS) is 1. The molecule has 0 bridgehead atoms. The highest BCUT2D eigenvalue weighted by molar-refractivity contribution is 7.99. The fourth-order valence-corrected chi connectivity index (χ4v) is 2.03. The highest BCUT2D eigenvalue weighted by Crippen LogP contribution is 2.23. The van der Waals surface area contributed by atoms with Crippen molar-refractivity contribution in [2.24, 2.45) is 0 Å². The topological polar surface area (TPSA) is 63.3 Å². The molecule has 0 aliphatic rings. The van der Waals surface area contributed by atoms with E-state index in [1.54, 1.807) is 11.8 Å². The van der Waals surface area contributed by atoms with Gasteiger partial charge in [0.25, 0.3) is 0 Å². The molecule has 1 aromatic carbocycles. The molecule has 0 unspecified atom stereocenters. The Morgan fingerprint density at radius 3 is 2.65 bits per heavy atom. The Labute approximate surface area is 103 Å². The van der Waals surface area contributed by atoms with Crippen LogP contribution in [0.3, 0.4) is 0 Å². The minimum absolute atomic E-state index is 0.0768. The monoisotopic (exact) mass is 249 g/mol. The maximum atomic E-state index is 10.7. The molecule has 5 heteroatoms. The third-order valence-corrected chi connectivity index (χ3v) is 3.03. The molecule has 0 fully saturated rings. The number of aromatic carboxylic acids is 1. The van der Waals surface area contributed by atoms with Gasteiger partial charge in [-0.25, -0.2) is 9.78 Å². The third-order valence-electron chi connectivity index (χ3n) is 2.14. The molecule has 0 aliphatic carbocycles. The number of benzene rings is 1. The van der Waals surface area contributed by atoms with Gasteiger partial charge in [0, 0.05) is 10.5 Å². The van der Waals surface area contributed by atoms with Gasteiger partial charge < -0.3 is 9.52 Å². The summed E-state index contributed by atoms with van der Waals surface area (Å²) < 4.78 is 5.11. The number of thioether (sulfide) groups is 1. The molecule has 0 saturated heterocycles. The normalized spacial score (nSPS) is 10.4. The van der Waals surface area contributed by atoms with Crippen molar-refractivity contribution >= 4 is 17.7 Å². The van der Waals surface area contributed by atoms with Gasteiger partial charge in [-0.2, -0.15) is 0 Å². The zero-order valence-electron chi connectivity index (χ0n) is 9.21. The summed E-state index contributed by atoms with van der Waals surface area (Å²) in [4.78, 5) is 15.7. The van der Waals surface area contributed by atoms with Crippen LogP contribution in [0.2, 0.25) is 0 Å². The number of carboxylic acids is 1. The molecular formula is C12H11NO3S. The first-order valence-electron chi connectivity index (χ1n) is 5.12. The molecule has 4 nitrogen and oxygen atoms in total. The van der Waals surface area contributed by atoms with Crippen LogP contribution in [0.25, 0.3) is 11.5 Å². The highest BCUT2D eigenvalue weighted by Gasteiger charge is 2.11. The van der Waals surface area contributed by atoms with Crippen molar-refractivity contribution in [1.82, 2.24) is 4.98 Å². The van der Waals surface area contributed by atoms with E-state index in [0.29, 0.717) is 5.89 Å². The van der Waals surface area contributed by atoms with E-state index in [4.69, 9.17) is 9.52 Å². The van der Waals surface area contributed by atoms with Gasteiger partial charge in [0.1, 0.15) is 6.26 Å². The number of hydrogen-bond donors (Lipinski definition) is 1. The minimum atomic E-state index is -1.09. The van der Waals surface area contributed by atoms with Gasteiger partial charge in [-0.3, -0.25) is 0 Å². The van der Waals surface area contributed by atoms with Crippen LogP contribution < -0.4 is 0 Å². The van der Waals surface area contributed by atoms with Crippen LogP contribution in [0.1, 0.15) is 17.4 Å². The Hall–Kier alpha value is -1.75. The molecule has 1 N–H and O–H groups in total. The van der Waals surface area contributed by atoms with Crippen LogP contribution in [0.4, 0.5) is 0 Å². The lowest BCUT2D eigenvalue weighted by atomic mass is 10.2. The number of aromatic nitrogens is 1. The maximum Gasteiger partial charge on any atom is 0.357 e. The zero-order chi connectivity index (χ0) is 12.3. The summed E-state index contributed by atoms with van der Waals surface area (Å²) in [6.07, 6.45) is 1.15. The van der Waals surface area contributed by atoms with Crippen molar-refractivity contribution < 1.29 is 14.3 Å². The van der Waals surface area contributed by atoms with E-state index >= 15 is 0 Å². The van der Waals surface area contributed by atoms with E-state index in [1.807, 2.05) is 24.3 Å². The molecule has 88 valence electrons. The highest BCUT2D eigenvalue weighted by atomic mass is 32.2. The van der Waals surface area contributed by atoms with Gasteiger partial charge in [0.15, 0.2) is 5.69 Å². The summed E-state index contributed by atoms with van der Waals surface area (Å²) in [6.45, 7) is 2.09. The average Bonchev–Trinajstić information content (AvgIpc) is 2.80. The SMILES string of the molecule is CCSc1ccc(-c2nc(C(=O)O)co2)cc1. The summed E-state index contributed by atoms with van der Waals surface area (Å²) in [5, 5.41) is 8.73. The Kier molecular flexibility index (Phi) is 3.49. The van der Waals surface area contributed by atoms with E-state index in [2.05, 4.69) is 11.9 Å². The Morgan fingerprint density at radius 1 is 1.41 bits per heavy atom. The molecule has 0 spiro atoms. The molecule has 0 atom stereocenters. The second-order valence-corrected chi connectivity index (χ2v) is 4.64. The lowest BCUT2D eigenvalue weighted by molar-refractivity contribution is 0.0690. The second kappa shape index (κ2) is 5.05. The Morgan fingerprint density at radius 2 is 2.12 bits per heavy atom. The number of oxazole rings is 1. The molecule has 0 saturated carbocycles. The van der Waals surface area contributed by atoms with Crippen molar-refractivity contribution in [2.45, 2.75) is 11.8 Å². The predicted molar refractivity (Wildman–Crippen MR) is 65.3 cm³/mol. The van der Waals surface area contributed by atoms with Crippen LogP contribution in [0, 0.1) is 0 Å². The molecule has 2 aromatic rings. The molecule has 17 heavy (non-hydrogen) atoms. The second-order valence-electron chi connectivity index (χ2n) is 3.30. The van der Waals surface area contributed by atoms with E-state index in [1.165, 1.54) is 4.90 Å². The molecule has 1 aromatic heterocycles. The summed E-state index contributed by atoms with van der Waals surface area (Å²) in [6, 6.07) is 7.67. The van der Waals surface area contributed by atoms with Gasteiger partial charge in [-0.1, -0.05) is 6.92 Å². The zero-order valence-corrected chi connectivity index (χ0v) is 10.0. The fraction of sp³-hybridized carbons (Fsp3) is 0.167. The lowest BCUT2D eigenvalue weighted by Gasteiger charge is -1.99. The van der Waals surface area contributed by atoms with Crippen LogP contribution in [-0.4, -0.2) is 21.8 Å². The molecule has 0 radical (unpaired) electrons. The van der Waals surface area contributed by atoms with Gasteiger partial charge in [0.05, 0.1) is 0 Å². The molecular weight excluding hydrogens is 238 g/mol. The van der Waals surface area contributed by atoms with Crippen LogP contribution in [0.15, 0.2) is 39.8 Å². The van der Waals surface area contributed by atoms with Gasteiger partial charge in [-0.05, 0) is 30.0 Å². The number of rotatable bonds is 4. The van der Waals surface area contributed by atoms with Crippen molar-refractivity contribution in [1.29, 1.82) is 0 Å². The van der Waals surface area contributed by atoms with Gasteiger partial charge >= 0.3 is 5.97 Å². The number of carbonyl (C=O) groups is 1. The summed E-state index contributed by atoms with van der Waals surface area (Å²) in [7, 11) is 0. The summed E-state index contributed by atoms with van der Waals surface area (Å²) in [5.41, 5.74) is 0.699.